The number of hydrogen-bond acceptors (Lipinski definition) is 2. The van der Waals surface area contributed by atoms with E-state index in [2.05, 4.69) is 61.6 Å². The van der Waals surface area contributed by atoms with E-state index in [9.17, 15) is 4.79 Å². The number of hydrogen-bond donors (Lipinski definition) is 3. The number of carbonyl (C=O) groups is 1. The van der Waals surface area contributed by atoms with E-state index in [0.29, 0.717) is 6.54 Å². The Balaban J connectivity index is 1.23. The number of fused-ring (bicyclic) bond motifs is 1. The molecule has 0 saturated carbocycles. The minimum Gasteiger partial charge on any atom is -0.493 e. The van der Waals surface area contributed by atoms with E-state index in [1.165, 1.54) is 27.2 Å². The number of benzene rings is 2. The Morgan fingerprint density at radius 1 is 1.07 bits per heavy atom. The Morgan fingerprint density at radius 3 is 2.53 bits per heavy atom. The van der Waals surface area contributed by atoms with Crippen molar-refractivity contribution in [2.75, 3.05) is 39.3 Å². The Hall–Kier alpha value is -2.37. The highest BCUT2D eigenvalue weighted by molar-refractivity contribution is 5.77. The monoisotopic (exact) mass is 409 g/mol. The van der Waals surface area contributed by atoms with Gasteiger partial charge in [0.2, 0.25) is 0 Å². The second-order valence-corrected chi connectivity index (χ2v) is 8.83. The number of quaternary nitrogens is 2. The average molecular weight is 410 g/mol. The van der Waals surface area contributed by atoms with Gasteiger partial charge in [-0.15, -0.1) is 0 Å². The van der Waals surface area contributed by atoms with E-state index in [0.717, 1.165) is 57.9 Å². The van der Waals surface area contributed by atoms with E-state index in [1.54, 1.807) is 4.90 Å². The van der Waals surface area contributed by atoms with Crippen LogP contribution in [0.3, 0.4) is 0 Å². The minimum atomic E-state index is 0.105. The first-order chi connectivity index (χ1) is 14.6. The third-order valence-electron chi connectivity index (χ3n) is 6.51. The molecule has 1 saturated heterocycles. The normalized spacial score (nSPS) is 21.5. The molecular weight excluding hydrogens is 374 g/mol. The Bertz CT molecular complexity index is 857. The lowest BCUT2D eigenvalue weighted by Gasteiger charge is -2.30. The molecular formula is C25H35N3O2+2. The van der Waals surface area contributed by atoms with Gasteiger partial charge in [-0.2, -0.15) is 0 Å². The van der Waals surface area contributed by atoms with Crippen molar-refractivity contribution in [3.05, 3.63) is 64.7 Å². The average Bonchev–Trinajstić information content (AvgIpc) is 3.22. The number of aryl methyl sites for hydroxylation is 1. The van der Waals surface area contributed by atoms with Gasteiger partial charge in [-0.05, 0) is 42.7 Å². The third kappa shape index (κ3) is 5.21. The fourth-order valence-electron chi connectivity index (χ4n) is 4.64. The molecule has 2 aliphatic heterocycles. The van der Waals surface area contributed by atoms with Crippen molar-refractivity contribution in [3.8, 4) is 5.75 Å². The molecule has 5 nitrogen and oxygen atoms in total. The van der Waals surface area contributed by atoms with Gasteiger partial charge in [0.05, 0.1) is 12.6 Å². The van der Waals surface area contributed by atoms with Gasteiger partial charge in [-0.3, -0.25) is 4.79 Å². The summed E-state index contributed by atoms with van der Waals surface area (Å²) < 4.78 is 5.62. The first-order valence-corrected chi connectivity index (χ1v) is 11.4. The van der Waals surface area contributed by atoms with Gasteiger partial charge >= 0.3 is 0 Å². The van der Waals surface area contributed by atoms with Gasteiger partial charge in [-0.25, -0.2) is 0 Å². The molecule has 1 atom stereocenters. The van der Waals surface area contributed by atoms with E-state index < -0.39 is 0 Å². The van der Waals surface area contributed by atoms with Crippen LogP contribution in [0.15, 0.2) is 42.5 Å². The van der Waals surface area contributed by atoms with Crippen LogP contribution in [0.1, 0.15) is 41.6 Å². The quantitative estimate of drug-likeness (QED) is 0.623. The molecule has 3 N–H and O–H groups in total. The third-order valence-corrected chi connectivity index (χ3v) is 6.51. The van der Waals surface area contributed by atoms with Crippen LogP contribution in [-0.4, -0.2) is 45.2 Å². The number of piperazine rings is 1. The largest absolute Gasteiger partial charge is 0.493 e. The maximum Gasteiger partial charge on any atom is 0.275 e. The summed E-state index contributed by atoms with van der Waals surface area (Å²) in [5, 5.41) is 3.25. The molecule has 5 heteroatoms. The molecule has 2 heterocycles. The first-order valence-electron chi connectivity index (χ1n) is 11.4. The zero-order chi connectivity index (χ0) is 20.9. The summed E-state index contributed by atoms with van der Waals surface area (Å²) in [5.74, 6) is 1.23. The number of carbonyl (C=O) groups excluding carboxylic acids is 1. The first kappa shape index (κ1) is 20.9. The summed E-state index contributed by atoms with van der Waals surface area (Å²) in [4.78, 5) is 15.7. The molecule has 0 aromatic heterocycles. The lowest BCUT2D eigenvalue weighted by molar-refractivity contribution is -1.02. The van der Waals surface area contributed by atoms with Crippen LogP contribution in [0.4, 0.5) is 0 Å². The Kier molecular flexibility index (Phi) is 6.70. The van der Waals surface area contributed by atoms with Gasteiger partial charge in [0.25, 0.3) is 5.91 Å². The fraction of sp³-hybridized carbons (Fsp3) is 0.480. The molecule has 0 radical (unpaired) electrons. The zero-order valence-electron chi connectivity index (χ0n) is 18.3. The van der Waals surface area contributed by atoms with Gasteiger partial charge < -0.3 is 19.9 Å². The standard InChI is InChI=1S/C25H33N3O2/c1-3-23(21-7-4-19(2)5-8-21)26-25(29)18-28-13-11-27(12-14-28)17-20-6-9-24-22(16-20)10-15-30-24/h4-9,16,23H,3,10-15,17-18H2,1-2H3,(H,26,29)/p+2/t23-/m0/s1. The Morgan fingerprint density at radius 2 is 1.80 bits per heavy atom. The molecule has 2 aromatic rings. The second-order valence-electron chi connectivity index (χ2n) is 8.83. The van der Waals surface area contributed by atoms with Crippen molar-refractivity contribution in [1.82, 2.24) is 5.32 Å². The lowest BCUT2D eigenvalue weighted by Crippen LogP contribution is -3.28. The molecule has 2 aliphatic rings. The molecule has 1 amide bonds. The van der Waals surface area contributed by atoms with Crippen LogP contribution in [0.5, 0.6) is 5.75 Å². The van der Waals surface area contributed by atoms with E-state index >= 15 is 0 Å². The maximum absolute atomic E-state index is 12.7. The molecule has 0 bridgehead atoms. The SMILES string of the molecule is CC[C@H](NC(=O)C[NH+]1CC[NH+](Cc2ccc3c(c2)CCO3)CC1)c1ccc(C)cc1. The molecule has 2 aromatic carbocycles. The van der Waals surface area contributed by atoms with Crippen molar-refractivity contribution in [2.24, 2.45) is 0 Å². The number of amides is 1. The van der Waals surface area contributed by atoms with E-state index in [-0.39, 0.29) is 11.9 Å². The summed E-state index contributed by atoms with van der Waals surface area (Å²) in [5.41, 5.74) is 5.20. The molecule has 1 fully saturated rings. The predicted octanol–water partition coefficient (Wildman–Crippen LogP) is 0.481. The van der Waals surface area contributed by atoms with Crippen molar-refractivity contribution in [2.45, 2.75) is 39.3 Å². The summed E-state index contributed by atoms with van der Waals surface area (Å²) in [6, 6.07) is 15.2. The van der Waals surface area contributed by atoms with Crippen molar-refractivity contribution < 1.29 is 19.3 Å². The number of rotatable bonds is 7. The minimum absolute atomic E-state index is 0.105. The molecule has 0 spiro atoms. The predicted molar refractivity (Wildman–Crippen MR) is 118 cm³/mol. The number of nitrogens with one attached hydrogen (secondary N) is 3. The van der Waals surface area contributed by atoms with Gasteiger partial charge in [0, 0.05) is 12.0 Å². The van der Waals surface area contributed by atoms with E-state index in [1.807, 2.05) is 0 Å². The van der Waals surface area contributed by atoms with Crippen LogP contribution in [0.25, 0.3) is 0 Å². The molecule has 0 aliphatic carbocycles. The smallest absolute Gasteiger partial charge is 0.275 e. The molecule has 4 rings (SSSR count). The second kappa shape index (κ2) is 9.63. The van der Waals surface area contributed by atoms with Crippen LogP contribution in [-0.2, 0) is 17.8 Å². The highest BCUT2D eigenvalue weighted by atomic mass is 16.5. The molecule has 160 valence electrons. The van der Waals surface area contributed by atoms with Crippen molar-refractivity contribution >= 4 is 5.91 Å². The summed E-state index contributed by atoms with van der Waals surface area (Å²) in [6.45, 7) is 11.0. The highest BCUT2D eigenvalue weighted by Crippen LogP contribution is 2.25. The molecule has 30 heavy (non-hydrogen) atoms. The van der Waals surface area contributed by atoms with Crippen LogP contribution >= 0.6 is 0 Å². The Labute approximate surface area is 180 Å². The van der Waals surface area contributed by atoms with Gasteiger partial charge in [0.15, 0.2) is 6.54 Å². The fourth-order valence-corrected chi connectivity index (χ4v) is 4.64. The van der Waals surface area contributed by atoms with Crippen LogP contribution < -0.4 is 19.9 Å². The topological polar surface area (TPSA) is 47.2 Å². The lowest BCUT2D eigenvalue weighted by atomic mass is 10.0. The van der Waals surface area contributed by atoms with Crippen molar-refractivity contribution in [1.29, 1.82) is 0 Å². The number of ether oxygens (including phenoxy) is 1. The summed E-state index contributed by atoms with van der Waals surface area (Å²) in [7, 11) is 0. The zero-order valence-corrected chi connectivity index (χ0v) is 18.3. The van der Waals surface area contributed by atoms with E-state index in [4.69, 9.17) is 4.74 Å². The van der Waals surface area contributed by atoms with Crippen LogP contribution in [0, 0.1) is 6.92 Å². The van der Waals surface area contributed by atoms with Gasteiger partial charge in [0.1, 0.15) is 38.5 Å². The van der Waals surface area contributed by atoms with Crippen LogP contribution in [0.2, 0.25) is 0 Å². The summed E-state index contributed by atoms with van der Waals surface area (Å²) >= 11 is 0. The maximum atomic E-state index is 12.7. The van der Waals surface area contributed by atoms with Crippen molar-refractivity contribution in [3.63, 3.8) is 0 Å². The van der Waals surface area contributed by atoms with Gasteiger partial charge in [-0.1, -0.05) is 36.8 Å². The highest BCUT2D eigenvalue weighted by Gasteiger charge is 2.26. The summed E-state index contributed by atoms with van der Waals surface area (Å²) in [6.07, 6.45) is 1.95. The molecule has 0 unspecified atom stereocenters.